The summed E-state index contributed by atoms with van der Waals surface area (Å²) >= 11 is 20.2. The Bertz CT molecular complexity index is 825. The molecule has 1 unspecified atom stereocenters. The molecule has 0 saturated heterocycles. The first-order valence-electron chi connectivity index (χ1n) is 9.69. The zero-order chi connectivity index (χ0) is 21.0. The van der Waals surface area contributed by atoms with Crippen molar-refractivity contribution in [1.29, 1.82) is 0 Å². The number of hydrogen-bond acceptors (Lipinski definition) is 4. The average Bonchev–Trinajstić information content (AvgIpc) is 3.23. The monoisotopic (exact) mass is 657 g/mol. The first-order chi connectivity index (χ1) is 13.9. The van der Waals surface area contributed by atoms with Crippen LogP contribution in [-0.4, -0.2) is 22.6 Å². The molecule has 164 valence electrons. The van der Waals surface area contributed by atoms with Crippen molar-refractivity contribution in [2.45, 2.75) is 50.0 Å². The summed E-state index contributed by atoms with van der Waals surface area (Å²) in [4.78, 5) is 13.2. The van der Waals surface area contributed by atoms with Gasteiger partial charge in [-0.3, -0.25) is 0 Å². The van der Waals surface area contributed by atoms with Crippen molar-refractivity contribution in [3.05, 3.63) is 62.8 Å². The Morgan fingerprint density at radius 1 is 1.13 bits per heavy atom. The zero-order valence-corrected chi connectivity index (χ0v) is 22.4. The van der Waals surface area contributed by atoms with Gasteiger partial charge in [-0.05, 0) is 86.3 Å². The van der Waals surface area contributed by atoms with E-state index < -0.39 is 5.97 Å². The quantitative estimate of drug-likeness (QED) is 0.199. The summed E-state index contributed by atoms with van der Waals surface area (Å²) in [6.07, 6.45) is 4.69. The Morgan fingerprint density at radius 3 is 2.50 bits per heavy atom. The van der Waals surface area contributed by atoms with Crippen LogP contribution < -0.4 is 0 Å². The first-order valence-corrected chi connectivity index (χ1v) is 11.7. The molecule has 1 aromatic carbocycles. The van der Waals surface area contributed by atoms with Crippen molar-refractivity contribution in [2.24, 2.45) is 11.8 Å². The number of halogens is 3. The number of esters is 1. The molecule has 1 fully saturated rings. The van der Waals surface area contributed by atoms with Gasteiger partial charge in [-0.15, -0.1) is 22.9 Å². The maximum atomic E-state index is 11.5. The molecule has 3 nitrogen and oxygen atoms in total. The van der Waals surface area contributed by atoms with Crippen molar-refractivity contribution >= 4 is 52.1 Å². The van der Waals surface area contributed by atoms with Crippen molar-refractivity contribution < 1.29 is 35.7 Å². The number of aliphatic hydroxyl groups is 1. The third-order valence-corrected chi connectivity index (χ3v) is 7.68. The number of benzene rings is 1. The summed E-state index contributed by atoms with van der Waals surface area (Å²) in [7, 11) is 3.16. The largest absolute Gasteiger partial charge is 0.636 e. The summed E-state index contributed by atoms with van der Waals surface area (Å²) in [6, 6.07) is 9.30. The summed E-state index contributed by atoms with van der Waals surface area (Å²) in [6.45, 7) is 0. The van der Waals surface area contributed by atoms with Crippen LogP contribution in [0.2, 0.25) is 10.0 Å². The van der Waals surface area contributed by atoms with E-state index in [0.29, 0.717) is 21.3 Å². The fraction of sp³-hybridized carbons (Fsp3) is 0.455. The van der Waals surface area contributed by atoms with Crippen LogP contribution in [-0.2, 0) is 38.6 Å². The van der Waals surface area contributed by atoms with Crippen LogP contribution >= 0.6 is 46.1 Å². The van der Waals surface area contributed by atoms with E-state index in [0.717, 1.165) is 42.5 Å². The van der Waals surface area contributed by atoms with Gasteiger partial charge >= 0.3 is 5.97 Å². The molecule has 1 aliphatic rings. The molecule has 8 heteroatoms. The maximum absolute atomic E-state index is 11.5. The summed E-state index contributed by atoms with van der Waals surface area (Å²) in [5, 5.41) is 11.8. The van der Waals surface area contributed by atoms with E-state index in [4.69, 9.17) is 34.8 Å². The molecule has 0 bridgehead atoms. The number of thiophene rings is 1. The van der Waals surface area contributed by atoms with E-state index in [1.165, 1.54) is 11.3 Å². The second-order valence-corrected chi connectivity index (χ2v) is 10.2. The molecular weight excluding hydrogens is 635 g/mol. The number of rotatable bonds is 8. The Morgan fingerprint density at radius 2 is 1.83 bits per heavy atom. The molecule has 0 radical (unpaired) electrons. The average molecular weight is 659 g/mol. The van der Waals surface area contributed by atoms with Crippen molar-refractivity contribution in [2.75, 3.05) is 0 Å². The predicted molar refractivity (Wildman–Crippen MR) is 120 cm³/mol. The van der Waals surface area contributed by atoms with E-state index in [2.05, 4.69) is 11.8 Å². The Kier molecular flexibility index (Phi) is 10.7. The van der Waals surface area contributed by atoms with E-state index in [-0.39, 0.29) is 44.4 Å². The van der Waals surface area contributed by atoms with Crippen LogP contribution in [0.3, 0.4) is 0 Å². The van der Waals surface area contributed by atoms with Gasteiger partial charge in [0.1, 0.15) is 4.88 Å². The number of aliphatic hydroxyl groups excluding tert-OH is 1. The van der Waals surface area contributed by atoms with Gasteiger partial charge in [0, 0.05) is 41.4 Å². The number of carbonyl (C=O) groups excluding carboxylic acids is 1. The summed E-state index contributed by atoms with van der Waals surface area (Å²) < 4.78 is 4.51. The van der Waals surface area contributed by atoms with Crippen LogP contribution in [0.4, 0.5) is 0 Å². The molecular formula is C22H24Cl3O3SW-. The minimum Gasteiger partial charge on any atom is -0.636 e. The zero-order valence-electron chi connectivity index (χ0n) is 16.4. The van der Waals surface area contributed by atoms with E-state index in [9.17, 15) is 9.90 Å². The predicted octanol–water partition coefficient (Wildman–Crippen LogP) is 6.56. The molecule has 4 atom stereocenters. The van der Waals surface area contributed by atoms with Gasteiger partial charge in [0.15, 0.2) is 0 Å². The van der Waals surface area contributed by atoms with Crippen LogP contribution in [0.25, 0.3) is 0 Å². The molecule has 1 aliphatic carbocycles. The SMILES string of the molecule is [CH2-]OC(=O)c1ccc(CCC[C@H]2C(Cl)C[C@@H](O)[C@@H]2CCc2cc(Cl)cc(Cl)c2)s1.[W]. The smallest absolute Gasteiger partial charge is 0.316 e. The van der Waals surface area contributed by atoms with Crippen LogP contribution in [0.1, 0.15) is 45.8 Å². The number of aryl methyl sites for hydroxylation is 2. The third-order valence-electron chi connectivity index (χ3n) is 5.62. The number of hydrogen-bond donors (Lipinski definition) is 1. The molecule has 1 saturated carbocycles. The summed E-state index contributed by atoms with van der Waals surface area (Å²) in [5.74, 6) is 0.0306. The molecule has 2 aromatic rings. The Balaban J connectivity index is 0.00000320. The number of ether oxygens (including phenoxy) is 1. The topological polar surface area (TPSA) is 46.5 Å². The van der Waals surface area contributed by atoms with Crippen molar-refractivity contribution in [3.63, 3.8) is 0 Å². The fourth-order valence-electron chi connectivity index (χ4n) is 4.23. The standard InChI is InChI=1S/C22H24Cl3O3S.W/c1-28-22(27)21-8-6-16(29-21)3-2-4-17-18(20(26)12-19(17)25)7-5-13-9-14(23)11-15(24)10-13;/h6,8-11,17-20,26H,1-5,7,12H2;/q-1;/t17-,18-,19?,20-;/m1./s1. The van der Waals surface area contributed by atoms with Gasteiger partial charge < -0.3 is 9.84 Å². The second kappa shape index (κ2) is 12.2. The number of carbonyl (C=O) groups is 1. The molecule has 3 rings (SSSR count). The minimum atomic E-state index is -0.401. The van der Waals surface area contributed by atoms with Crippen LogP contribution in [0, 0.1) is 18.9 Å². The van der Waals surface area contributed by atoms with Crippen LogP contribution in [0.5, 0.6) is 0 Å². The maximum Gasteiger partial charge on any atom is 0.316 e. The van der Waals surface area contributed by atoms with Crippen LogP contribution in [0.15, 0.2) is 30.3 Å². The van der Waals surface area contributed by atoms with Crippen molar-refractivity contribution in [3.8, 4) is 0 Å². The molecule has 30 heavy (non-hydrogen) atoms. The van der Waals surface area contributed by atoms with Gasteiger partial charge in [0.05, 0.1) is 6.10 Å². The first kappa shape index (κ1) is 26.2. The molecule has 1 heterocycles. The van der Waals surface area contributed by atoms with Crippen molar-refractivity contribution in [1.82, 2.24) is 0 Å². The van der Waals surface area contributed by atoms with Gasteiger partial charge in [0.25, 0.3) is 0 Å². The number of alkyl halides is 1. The van der Waals surface area contributed by atoms with Gasteiger partial charge in [-0.25, -0.2) is 4.79 Å². The molecule has 1 aromatic heterocycles. The fourth-order valence-corrected chi connectivity index (χ4v) is 6.24. The van der Waals surface area contributed by atoms with Gasteiger partial charge in [0.2, 0.25) is 0 Å². The minimum absolute atomic E-state index is 0. The van der Waals surface area contributed by atoms with E-state index in [1.54, 1.807) is 12.1 Å². The molecule has 1 N–H and O–H groups in total. The van der Waals surface area contributed by atoms with E-state index >= 15 is 0 Å². The normalized spacial score (nSPS) is 23.2. The molecule has 0 amide bonds. The Labute approximate surface area is 211 Å². The van der Waals surface area contributed by atoms with Gasteiger partial charge in [-0.1, -0.05) is 23.2 Å². The van der Waals surface area contributed by atoms with E-state index in [1.807, 2.05) is 18.2 Å². The molecule has 0 spiro atoms. The van der Waals surface area contributed by atoms with Gasteiger partial charge in [-0.2, -0.15) is 7.11 Å². The Hall–Kier alpha value is -0.0917. The third kappa shape index (κ3) is 6.95. The summed E-state index contributed by atoms with van der Waals surface area (Å²) in [5.41, 5.74) is 1.08. The second-order valence-electron chi connectivity index (χ2n) is 7.55. The molecule has 0 aliphatic heterocycles.